The predicted octanol–water partition coefficient (Wildman–Crippen LogP) is 2.92. The third-order valence-corrected chi connectivity index (χ3v) is 6.83. The van der Waals surface area contributed by atoms with Gasteiger partial charge in [0.15, 0.2) is 9.84 Å². The number of hydrogen-bond donors (Lipinski definition) is 1. The van der Waals surface area contributed by atoms with E-state index in [1.807, 2.05) is 7.05 Å². The Hall–Kier alpha value is -0.130. The molecular weight excluding hydrogens is 286 g/mol. The van der Waals surface area contributed by atoms with E-state index in [1.54, 1.807) is 7.11 Å². The first-order valence-electron chi connectivity index (χ1n) is 8.49. The van der Waals surface area contributed by atoms with Crippen molar-refractivity contribution in [2.75, 3.05) is 26.5 Å². The van der Waals surface area contributed by atoms with E-state index in [0.29, 0.717) is 6.61 Å². The summed E-state index contributed by atoms with van der Waals surface area (Å²) in [5, 5.41) is 3.02. The van der Waals surface area contributed by atoms with E-state index in [9.17, 15) is 8.42 Å². The molecule has 5 heteroatoms. The highest BCUT2D eigenvalue weighted by Gasteiger charge is 2.31. The molecule has 2 atom stereocenters. The second-order valence-corrected chi connectivity index (χ2v) is 8.54. The molecule has 0 spiro atoms. The molecule has 0 heterocycles. The van der Waals surface area contributed by atoms with Crippen molar-refractivity contribution in [1.82, 2.24) is 5.32 Å². The van der Waals surface area contributed by atoms with Crippen molar-refractivity contribution >= 4 is 9.84 Å². The summed E-state index contributed by atoms with van der Waals surface area (Å²) in [5.74, 6) is 0.145. The lowest BCUT2D eigenvalue weighted by Gasteiger charge is -2.27. The highest BCUT2D eigenvalue weighted by atomic mass is 32.2. The molecule has 0 aromatic heterocycles. The minimum absolute atomic E-state index is 0.0892. The molecule has 21 heavy (non-hydrogen) atoms. The Kier molecular flexibility index (Phi) is 9.52. The Bertz CT molecular complexity index is 357. The SMILES string of the molecule is CNC1CCCCCCCCCCC1S(=O)(=O)CCOC. The normalized spacial score (nSPS) is 26.8. The lowest BCUT2D eigenvalue weighted by molar-refractivity contribution is 0.216. The van der Waals surface area contributed by atoms with Crippen LogP contribution in [0.3, 0.4) is 0 Å². The fourth-order valence-corrected chi connectivity index (χ4v) is 5.27. The molecule has 0 bridgehead atoms. The summed E-state index contributed by atoms with van der Waals surface area (Å²) in [5.41, 5.74) is 0. The summed E-state index contributed by atoms with van der Waals surface area (Å²) in [6, 6.07) is 0.0892. The van der Waals surface area contributed by atoms with Crippen LogP contribution in [0.2, 0.25) is 0 Å². The van der Waals surface area contributed by atoms with E-state index in [-0.39, 0.29) is 17.0 Å². The van der Waals surface area contributed by atoms with E-state index >= 15 is 0 Å². The van der Waals surface area contributed by atoms with Crippen molar-refractivity contribution in [3.8, 4) is 0 Å². The highest BCUT2D eigenvalue weighted by molar-refractivity contribution is 7.92. The fourth-order valence-electron chi connectivity index (χ4n) is 3.27. The molecule has 1 saturated carbocycles. The van der Waals surface area contributed by atoms with Crippen LogP contribution in [-0.2, 0) is 14.6 Å². The molecule has 0 amide bonds. The summed E-state index contributed by atoms with van der Waals surface area (Å²) >= 11 is 0. The zero-order valence-electron chi connectivity index (χ0n) is 13.8. The summed E-state index contributed by atoms with van der Waals surface area (Å²) in [6.07, 6.45) is 11.5. The first-order chi connectivity index (χ1) is 10.1. The van der Waals surface area contributed by atoms with Crippen LogP contribution in [0.5, 0.6) is 0 Å². The van der Waals surface area contributed by atoms with Crippen molar-refractivity contribution in [2.24, 2.45) is 0 Å². The largest absolute Gasteiger partial charge is 0.384 e. The molecule has 4 nitrogen and oxygen atoms in total. The molecule has 126 valence electrons. The summed E-state index contributed by atoms with van der Waals surface area (Å²) in [6.45, 7) is 0.301. The zero-order valence-corrected chi connectivity index (χ0v) is 14.6. The zero-order chi connectivity index (χ0) is 15.6. The Morgan fingerprint density at radius 1 is 0.952 bits per heavy atom. The minimum Gasteiger partial charge on any atom is -0.384 e. The van der Waals surface area contributed by atoms with Crippen LogP contribution >= 0.6 is 0 Å². The second kappa shape index (κ2) is 10.6. The molecule has 1 fully saturated rings. The molecule has 1 N–H and O–H groups in total. The maximum absolute atomic E-state index is 12.6. The Morgan fingerprint density at radius 2 is 1.48 bits per heavy atom. The number of ether oxygens (including phenoxy) is 1. The van der Waals surface area contributed by atoms with Gasteiger partial charge in [-0.25, -0.2) is 8.42 Å². The van der Waals surface area contributed by atoms with Gasteiger partial charge < -0.3 is 10.1 Å². The molecule has 1 aliphatic rings. The quantitative estimate of drug-likeness (QED) is 0.846. The van der Waals surface area contributed by atoms with Gasteiger partial charge >= 0.3 is 0 Å². The van der Waals surface area contributed by atoms with Gasteiger partial charge in [-0.05, 0) is 19.9 Å². The molecule has 2 unspecified atom stereocenters. The third-order valence-electron chi connectivity index (χ3n) is 4.61. The maximum atomic E-state index is 12.6. The van der Waals surface area contributed by atoms with Crippen LogP contribution in [-0.4, -0.2) is 46.2 Å². The summed E-state index contributed by atoms with van der Waals surface area (Å²) in [7, 11) is 0.377. The average molecular weight is 320 g/mol. The van der Waals surface area contributed by atoms with Gasteiger partial charge in [0.1, 0.15) is 0 Å². The van der Waals surface area contributed by atoms with Gasteiger partial charge in [0.25, 0.3) is 0 Å². The van der Waals surface area contributed by atoms with Crippen molar-refractivity contribution in [3.05, 3.63) is 0 Å². The third kappa shape index (κ3) is 7.11. The van der Waals surface area contributed by atoms with Crippen LogP contribution in [0.1, 0.15) is 64.2 Å². The lowest BCUT2D eigenvalue weighted by Crippen LogP contribution is -2.44. The first kappa shape index (κ1) is 18.9. The Morgan fingerprint density at radius 3 is 2.00 bits per heavy atom. The van der Waals surface area contributed by atoms with Crippen molar-refractivity contribution < 1.29 is 13.2 Å². The number of sulfone groups is 1. The Balaban J connectivity index is 2.74. The van der Waals surface area contributed by atoms with Crippen molar-refractivity contribution in [1.29, 1.82) is 0 Å². The van der Waals surface area contributed by atoms with Gasteiger partial charge in [-0.15, -0.1) is 0 Å². The molecule has 0 saturated heterocycles. The number of hydrogen-bond acceptors (Lipinski definition) is 4. The van der Waals surface area contributed by atoms with Gasteiger partial charge in [0.05, 0.1) is 17.6 Å². The van der Waals surface area contributed by atoms with Crippen LogP contribution in [0, 0.1) is 0 Å². The average Bonchev–Trinajstić information content (AvgIpc) is 2.45. The van der Waals surface area contributed by atoms with Gasteiger partial charge in [0, 0.05) is 13.2 Å². The van der Waals surface area contributed by atoms with Crippen LogP contribution in [0.15, 0.2) is 0 Å². The number of rotatable bonds is 5. The fraction of sp³-hybridized carbons (Fsp3) is 1.00. The number of nitrogens with one attached hydrogen (secondary N) is 1. The topological polar surface area (TPSA) is 55.4 Å². The molecule has 1 rings (SSSR count). The van der Waals surface area contributed by atoms with E-state index in [4.69, 9.17) is 4.74 Å². The van der Waals surface area contributed by atoms with Crippen LogP contribution in [0.25, 0.3) is 0 Å². The molecule has 1 aliphatic carbocycles. The van der Waals surface area contributed by atoms with Crippen molar-refractivity contribution in [3.63, 3.8) is 0 Å². The Labute approximate surface area is 130 Å². The monoisotopic (exact) mass is 319 g/mol. The molecule has 0 aliphatic heterocycles. The van der Waals surface area contributed by atoms with Crippen LogP contribution < -0.4 is 5.32 Å². The van der Waals surface area contributed by atoms with E-state index in [2.05, 4.69) is 5.32 Å². The maximum Gasteiger partial charge on any atom is 0.156 e. The van der Waals surface area contributed by atoms with Gasteiger partial charge in [0.2, 0.25) is 0 Å². The predicted molar refractivity (Wildman–Crippen MR) is 88.5 cm³/mol. The van der Waals surface area contributed by atoms with E-state index in [0.717, 1.165) is 32.1 Å². The number of methoxy groups -OCH3 is 1. The second-order valence-electron chi connectivity index (χ2n) is 6.20. The molecule has 0 aromatic carbocycles. The smallest absolute Gasteiger partial charge is 0.156 e. The van der Waals surface area contributed by atoms with E-state index < -0.39 is 9.84 Å². The minimum atomic E-state index is -3.08. The standard InChI is InChI=1S/C16H33NO3S/c1-17-15-11-9-7-5-3-4-6-8-10-12-16(15)21(18,19)14-13-20-2/h15-17H,3-14H2,1-2H3. The summed E-state index contributed by atoms with van der Waals surface area (Å²) in [4.78, 5) is 0. The van der Waals surface area contributed by atoms with E-state index in [1.165, 1.54) is 32.1 Å². The summed E-state index contributed by atoms with van der Waals surface area (Å²) < 4.78 is 30.2. The molecule has 0 radical (unpaired) electrons. The van der Waals surface area contributed by atoms with Gasteiger partial charge in [-0.2, -0.15) is 0 Å². The van der Waals surface area contributed by atoms with Gasteiger partial charge in [-0.1, -0.05) is 51.4 Å². The highest BCUT2D eigenvalue weighted by Crippen LogP contribution is 2.22. The lowest BCUT2D eigenvalue weighted by atomic mass is 9.97. The molecular formula is C16H33NO3S. The van der Waals surface area contributed by atoms with Crippen molar-refractivity contribution in [2.45, 2.75) is 75.5 Å². The van der Waals surface area contributed by atoms with Crippen LogP contribution in [0.4, 0.5) is 0 Å². The molecule has 0 aromatic rings. The first-order valence-corrected chi connectivity index (χ1v) is 10.2. The van der Waals surface area contributed by atoms with Gasteiger partial charge in [-0.3, -0.25) is 0 Å².